The van der Waals surface area contributed by atoms with E-state index in [1.165, 1.54) is 0 Å². The molecule has 0 fully saturated rings. The predicted molar refractivity (Wildman–Crippen MR) is 67.6 cm³/mol. The highest BCUT2D eigenvalue weighted by Gasteiger charge is 2.12. The summed E-state index contributed by atoms with van der Waals surface area (Å²) in [6, 6.07) is 10.1. The normalized spacial score (nSPS) is 12.1. The van der Waals surface area contributed by atoms with Crippen molar-refractivity contribution in [3.05, 3.63) is 35.7 Å². The molecular formula is C14H15N3O. The summed E-state index contributed by atoms with van der Waals surface area (Å²) in [7, 11) is 0. The van der Waals surface area contributed by atoms with Crippen LogP contribution < -0.4 is 0 Å². The van der Waals surface area contributed by atoms with Crippen LogP contribution in [-0.4, -0.2) is 10.1 Å². The highest BCUT2D eigenvalue weighted by molar-refractivity contribution is 5.58. The van der Waals surface area contributed by atoms with Gasteiger partial charge in [0.2, 0.25) is 11.7 Å². The monoisotopic (exact) mass is 241 g/mol. The Morgan fingerprint density at radius 1 is 1.39 bits per heavy atom. The highest BCUT2D eigenvalue weighted by Crippen LogP contribution is 2.20. The van der Waals surface area contributed by atoms with Gasteiger partial charge < -0.3 is 4.52 Å². The van der Waals surface area contributed by atoms with Crippen molar-refractivity contribution in [3.8, 4) is 17.5 Å². The van der Waals surface area contributed by atoms with Gasteiger partial charge in [-0.25, -0.2) is 0 Å². The fraction of sp³-hybridized carbons (Fsp3) is 0.357. The molecule has 92 valence electrons. The summed E-state index contributed by atoms with van der Waals surface area (Å²) in [5, 5.41) is 12.6. The topological polar surface area (TPSA) is 62.7 Å². The summed E-state index contributed by atoms with van der Waals surface area (Å²) in [5.74, 6) is 1.45. The SMILES string of the molecule is Cc1ccccc1-c1noc(CC(C)CC#N)n1. The number of aryl methyl sites for hydroxylation is 1. The van der Waals surface area contributed by atoms with Gasteiger partial charge in [0.15, 0.2) is 0 Å². The number of hydrogen-bond donors (Lipinski definition) is 0. The standard InChI is InChI=1S/C14H15N3O/c1-10(7-8-15)9-13-16-14(17-18-13)12-6-4-3-5-11(12)2/h3-6,10H,7,9H2,1-2H3. The number of nitrogens with zero attached hydrogens (tertiary/aromatic N) is 3. The molecule has 1 unspecified atom stereocenters. The molecular weight excluding hydrogens is 226 g/mol. The lowest BCUT2D eigenvalue weighted by Crippen LogP contribution is -1.98. The first-order chi connectivity index (χ1) is 8.70. The van der Waals surface area contributed by atoms with Crippen LogP contribution in [0.3, 0.4) is 0 Å². The Morgan fingerprint density at radius 2 is 2.17 bits per heavy atom. The Balaban J connectivity index is 2.16. The molecule has 1 aromatic carbocycles. The molecule has 0 spiro atoms. The Morgan fingerprint density at radius 3 is 2.89 bits per heavy atom. The zero-order valence-electron chi connectivity index (χ0n) is 10.6. The van der Waals surface area contributed by atoms with Crippen molar-refractivity contribution >= 4 is 0 Å². The van der Waals surface area contributed by atoms with E-state index in [1.807, 2.05) is 38.1 Å². The van der Waals surface area contributed by atoms with Gasteiger partial charge >= 0.3 is 0 Å². The van der Waals surface area contributed by atoms with Crippen LogP contribution >= 0.6 is 0 Å². The van der Waals surface area contributed by atoms with Gasteiger partial charge in [-0.15, -0.1) is 0 Å². The minimum atomic E-state index is 0.236. The zero-order chi connectivity index (χ0) is 13.0. The molecule has 0 N–H and O–H groups in total. The van der Waals surface area contributed by atoms with Crippen molar-refractivity contribution < 1.29 is 4.52 Å². The van der Waals surface area contributed by atoms with E-state index in [9.17, 15) is 0 Å². The van der Waals surface area contributed by atoms with Gasteiger partial charge in [0.1, 0.15) is 0 Å². The van der Waals surface area contributed by atoms with E-state index in [0.717, 1.165) is 11.1 Å². The Bertz CT molecular complexity index is 568. The van der Waals surface area contributed by atoms with Crippen LogP contribution in [0.5, 0.6) is 0 Å². The molecule has 2 rings (SSSR count). The molecule has 18 heavy (non-hydrogen) atoms. The van der Waals surface area contributed by atoms with Crippen LogP contribution in [0.15, 0.2) is 28.8 Å². The second-order valence-corrected chi connectivity index (χ2v) is 4.50. The van der Waals surface area contributed by atoms with Gasteiger partial charge in [0.05, 0.1) is 6.07 Å². The number of rotatable bonds is 4. The summed E-state index contributed by atoms with van der Waals surface area (Å²) in [5.41, 5.74) is 2.11. The number of hydrogen-bond acceptors (Lipinski definition) is 4. The molecule has 4 heteroatoms. The maximum absolute atomic E-state index is 8.62. The lowest BCUT2D eigenvalue weighted by molar-refractivity contribution is 0.359. The summed E-state index contributed by atoms with van der Waals surface area (Å²) in [6.07, 6.45) is 1.15. The maximum Gasteiger partial charge on any atom is 0.227 e. The maximum atomic E-state index is 8.62. The summed E-state index contributed by atoms with van der Waals surface area (Å²) in [4.78, 5) is 4.38. The third-order valence-corrected chi connectivity index (χ3v) is 2.82. The minimum Gasteiger partial charge on any atom is -0.339 e. The second-order valence-electron chi connectivity index (χ2n) is 4.50. The van der Waals surface area contributed by atoms with Crippen LogP contribution in [0, 0.1) is 24.2 Å². The van der Waals surface area contributed by atoms with E-state index < -0.39 is 0 Å². The van der Waals surface area contributed by atoms with Crippen molar-refractivity contribution in [1.29, 1.82) is 5.26 Å². The fourth-order valence-corrected chi connectivity index (χ4v) is 1.80. The lowest BCUT2D eigenvalue weighted by atomic mass is 10.1. The average Bonchev–Trinajstić information content (AvgIpc) is 2.78. The molecule has 0 aliphatic rings. The van der Waals surface area contributed by atoms with Crippen molar-refractivity contribution in [1.82, 2.24) is 10.1 Å². The van der Waals surface area contributed by atoms with E-state index in [4.69, 9.17) is 9.78 Å². The quantitative estimate of drug-likeness (QED) is 0.824. The van der Waals surface area contributed by atoms with E-state index in [0.29, 0.717) is 24.6 Å². The van der Waals surface area contributed by atoms with Gasteiger partial charge in [-0.2, -0.15) is 10.2 Å². The summed E-state index contributed by atoms with van der Waals surface area (Å²) < 4.78 is 5.22. The van der Waals surface area contributed by atoms with Crippen molar-refractivity contribution in [2.45, 2.75) is 26.7 Å². The summed E-state index contributed by atoms with van der Waals surface area (Å²) in [6.45, 7) is 4.02. The Hall–Kier alpha value is -2.15. The smallest absolute Gasteiger partial charge is 0.227 e. The first-order valence-corrected chi connectivity index (χ1v) is 5.96. The van der Waals surface area contributed by atoms with Crippen LogP contribution in [0.25, 0.3) is 11.4 Å². The number of aromatic nitrogens is 2. The summed E-state index contributed by atoms with van der Waals surface area (Å²) >= 11 is 0. The Kier molecular flexibility index (Phi) is 3.73. The van der Waals surface area contributed by atoms with Crippen molar-refractivity contribution in [2.24, 2.45) is 5.92 Å². The largest absolute Gasteiger partial charge is 0.339 e. The molecule has 4 nitrogen and oxygen atoms in total. The van der Waals surface area contributed by atoms with Crippen LogP contribution in [0.1, 0.15) is 24.8 Å². The zero-order valence-corrected chi connectivity index (χ0v) is 10.6. The molecule has 0 aliphatic heterocycles. The third kappa shape index (κ3) is 2.75. The van der Waals surface area contributed by atoms with Gasteiger partial charge in [0.25, 0.3) is 0 Å². The minimum absolute atomic E-state index is 0.236. The van der Waals surface area contributed by atoms with Crippen LogP contribution in [0.2, 0.25) is 0 Å². The molecule has 1 heterocycles. The molecule has 0 saturated heterocycles. The van der Waals surface area contributed by atoms with Gasteiger partial charge in [-0.3, -0.25) is 0 Å². The van der Waals surface area contributed by atoms with Crippen LogP contribution in [-0.2, 0) is 6.42 Å². The third-order valence-electron chi connectivity index (χ3n) is 2.82. The molecule has 0 aliphatic carbocycles. The molecule has 0 bridgehead atoms. The fourth-order valence-electron chi connectivity index (χ4n) is 1.80. The lowest BCUT2D eigenvalue weighted by Gasteiger charge is -2.00. The van der Waals surface area contributed by atoms with Gasteiger partial charge in [-0.05, 0) is 18.4 Å². The number of benzene rings is 1. The molecule has 0 amide bonds. The molecule has 1 atom stereocenters. The van der Waals surface area contributed by atoms with Crippen molar-refractivity contribution in [3.63, 3.8) is 0 Å². The van der Waals surface area contributed by atoms with Crippen molar-refractivity contribution in [2.75, 3.05) is 0 Å². The first-order valence-electron chi connectivity index (χ1n) is 5.96. The molecule has 0 radical (unpaired) electrons. The van der Waals surface area contributed by atoms with Gasteiger partial charge in [-0.1, -0.05) is 36.3 Å². The number of nitriles is 1. The molecule has 0 saturated carbocycles. The van der Waals surface area contributed by atoms with E-state index in [-0.39, 0.29) is 5.92 Å². The highest BCUT2D eigenvalue weighted by atomic mass is 16.5. The molecule has 1 aromatic heterocycles. The van der Waals surface area contributed by atoms with E-state index in [1.54, 1.807) is 0 Å². The van der Waals surface area contributed by atoms with Crippen LogP contribution in [0.4, 0.5) is 0 Å². The Labute approximate surface area is 106 Å². The van der Waals surface area contributed by atoms with E-state index >= 15 is 0 Å². The van der Waals surface area contributed by atoms with Gasteiger partial charge in [0, 0.05) is 18.4 Å². The second kappa shape index (κ2) is 5.46. The predicted octanol–water partition coefficient (Wildman–Crippen LogP) is 3.14. The average molecular weight is 241 g/mol. The first kappa shape index (κ1) is 12.3. The molecule has 2 aromatic rings. The van der Waals surface area contributed by atoms with E-state index in [2.05, 4.69) is 16.2 Å².